The Bertz CT molecular complexity index is 675. The minimum Gasteiger partial charge on any atom is -0.393 e. The molecule has 0 spiro atoms. The summed E-state index contributed by atoms with van der Waals surface area (Å²) in [5, 5.41) is 22.6. The smallest absolute Gasteiger partial charge is 0.351 e. The Kier molecular flexibility index (Phi) is 4.33. The first-order valence-electron chi connectivity index (χ1n) is 6.33. The van der Waals surface area contributed by atoms with Gasteiger partial charge in [-0.15, -0.1) is 0 Å². The van der Waals surface area contributed by atoms with Crippen LogP contribution in [0, 0.1) is 6.92 Å². The minimum absolute atomic E-state index is 0.00212. The molecule has 11 heteroatoms. The zero-order valence-electron chi connectivity index (χ0n) is 11.6. The molecule has 0 radical (unpaired) electrons. The van der Waals surface area contributed by atoms with Gasteiger partial charge >= 0.3 is 5.69 Å². The maximum absolute atomic E-state index is 14.3. The van der Waals surface area contributed by atoms with Gasteiger partial charge in [0.15, 0.2) is 12.4 Å². The number of ether oxygens (including phenoxy) is 1. The Hall–Kier alpha value is -2.20. The summed E-state index contributed by atoms with van der Waals surface area (Å²) in [7, 11) is 0. The van der Waals surface area contributed by atoms with Gasteiger partial charge < -0.3 is 20.7 Å². The summed E-state index contributed by atoms with van der Waals surface area (Å²) in [5.74, 6) is -0.00212. The fourth-order valence-corrected chi connectivity index (χ4v) is 2.26. The number of rotatable bonds is 4. The lowest BCUT2D eigenvalue weighted by atomic mass is 9.97. The standard InChI is InChI=1S/C11H15FN6O4/c1-5-2-18(10(21)16-8(5)13)9-6(12)7(20)11(4-19,22-9)3-15-17-14/h2,6-7,9,19-20H,3-4H2,1H3,(H2,13,16,21)/t6-,7+,9-,11-/m1/s1. The molecule has 1 aliphatic heterocycles. The van der Waals surface area contributed by atoms with Gasteiger partial charge in [0.05, 0.1) is 13.2 Å². The molecule has 1 aromatic heterocycles. The second kappa shape index (κ2) is 5.89. The normalized spacial score (nSPS) is 31.0. The molecule has 22 heavy (non-hydrogen) atoms. The molecule has 1 aliphatic rings. The van der Waals surface area contributed by atoms with E-state index in [-0.39, 0.29) is 5.82 Å². The van der Waals surface area contributed by atoms with Gasteiger partial charge in [0.25, 0.3) is 0 Å². The van der Waals surface area contributed by atoms with Crippen LogP contribution in [0.15, 0.2) is 16.1 Å². The van der Waals surface area contributed by atoms with E-state index in [1.165, 1.54) is 6.20 Å². The first kappa shape index (κ1) is 16.2. The largest absolute Gasteiger partial charge is 0.393 e. The maximum Gasteiger partial charge on any atom is 0.351 e. The fourth-order valence-electron chi connectivity index (χ4n) is 2.26. The number of anilines is 1. The predicted molar refractivity (Wildman–Crippen MR) is 72.5 cm³/mol. The van der Waals surface area contributed by atoms with Gasteiger partial charge in [0.1, 0.15) is 17.5 Å². The predicted octanol–water partition coefficient (Wildman–Crippen LogP) is -0.597. The Morgan fingerprint density at radius 2 is 2.41 bits per heavy atom. The minimum atomic E-state index is -2.02. The lowest BCUT2D eigenvalue weighted by Gasteiger charge is -2.27. The average Bonchev–Trinajstić information content (AvgIpc) is 2.74. The highest BCUT2D eigenvalue weighted by atomic mass is 19.1. The third-order valence-corrected chi connectivity index (χ3v) is 3.59. The van der Waals surface area contributed by atoms with E-state index in [0.717, 1.165) is 4.57 Å². The summed E-state index contributed by atoms with van der Waals surface area (Å²) < 4.78 is 20.5. The number of halogens is 1. The Balaban J connectivity index is 2.44. The van der Waals surface area contributed by atoms with Crippen molar-refractivity contribution < 1.29 is 19.3 Å². The molecule has 4 N–H and O–H groups in total. The molecule has 0 saturated carbocycles. The molecule has 0 amide bonds. The fraction of sp³-hybridized carbons (Fsp3) is 0.636. The highest BCUT2D eigenvalue weighted by molar-refractivity contribution is 5.35. The first-order valence-corrected chi connectivity index (χ1v) is 6.33. The number of nitrogens with two attached hydrogens (primary N) is 1. The SMILES string of the molecule is Cc1cn([C@@H]2O[C@@](CO)(CN=[N+]=[N-])[C@@H](O)[C@H]2F)c(=O)nc1N. The van der Waals surface area contributed by atoms with Crippen LogP contribution in [0.4, 0.5) is 10.2 Å². The number of aliphatic hydroxyl groups is 2. The molecular formula is C11H15FN6O4. The molecule has 1 fully saturated rings. The molecular weight excluding hydrogens is 299 g/mol. The molecule has 0 aromatic carbocycles. The summed E-state index contributed by atoms with van der Waals surface area (Å²) >= 11 is 0. The number of aliphatic hydroxyl groups excluding tert-OH is 2. The average molecular weight is 314 g/mol. The molecule has 10 nitrogen and oxygen atoms in total. The number of nitrogens with zero attached hydrogens (tertiary/aromatic N) is 5. The van der Waals surface area contributed by atoms with Gasteiger partial charge in [0.2, 0.25) is 0 Å². The molecule has 0 bridgehead atoms. The van der Waals surface area contributed by atoms with Crippen molar-refractivity contribution in [2.75, 3.05) is 18.9 Å². The van der Waals surface area contributed by atoms with Crippen LogP contribution in [-0.4, -0.2) is 50.8 Å². The summed E-state index contributed by atoms with van der Waals surface area (Å²) in [4.78, 5) is 17.9. The molecule has 1 aromatic rings. The maximum atomic E-state index is 14.3. The van der Waals surface area contributed by atoms with E-state index in [1.807, 2.05) is 0 Å². The molecule has 4 atom stereocenters. The summed E-state index contributed by atoms with van der Waals surface area (Å²) in [5.41, 5.74) is 11.6. The highest BCUT2D eigenvalue weighted by Crippen LogP contribution is 2.38. The monoisotopic (exact) mass is 314 g/mol. The van der Waals surface area contributed by atoms with Gasteiger partial charge in [-0.2, -0.15) is 4.98 Å². The van der Waals surface area contributed by atoms with Gasteiger partial charge in [0, 0.05) is 16.7 Å². The van der Waals surface area contributed by atoms with Crippen LogP contribution in [0.5, 0.6) is 0 Å². The quantitative estimate of drug-likeness (QED) is 0.382. The zero-order chi connectivity index (χ0) is 16.5. The van der Waals surface area contributed by atoms with Gasteiger partial charge in [-0.25, -0.2) is 9.18 Å². The summed E-state index contributed by atoms with van der Waals surface area (Å²) in [6, 6.07) is 0. The number of azide groups is 1. The topological polar surface area (TPSA) is 159 Å². The zero-order valence-corrected chi connectivity index (χ0v) is 11.6. The summed E-state index contributed by atoms with van der Waals surface area (Å²) in [6.45, 7) is 0.282. The third kappa shape index (κ3) is 2.50. The molecule has 0 unspecified atom stereocenters. The van der Waals surface area contributed by atoms with E-state index in [0.29, 0.717) is 5.56 Å². The third-order valence-electron chi connectivity index (χ3n) is 3.59. The van der Waals surface area contributed by atoms with E-state index < -0.39 is 42.9 Å². The van der Waals surface area contributed by atoms with Crippen LogP contribution in [0.1, 0.15) is 11.8 Å². The van der Waals surface area contributed by atoms with Crippen molar-refractivity contribution >= 4 is 5.82 Å². The number of nitrogen functional groups attached to an aromatic ring is 1. The van der Waals surface area contributed by atoms with Crippen molar-refractivity contribution in [1.29, 1.82) is 0 Å². The van der Waals surface area contributed by atoms with E-state index in [1.54, 1.807) is 6.92 Å². The van der Waals surface area contributed by atoms with Crippen LogP contribution >= 0.6 is 0 Å². The van der Waals surface area contributed by atoms with Crippen molar-refractivity contribution in [3.63, 3.8) is 0 Å². The van der Waals surface area contributed by atoms with Crippen molar-refractivity contribution in [2.45, 2.75) is 31.0 Å². The van der Waals surface area contributed by atoms with Gasteiger partial charge in [-0.3, -0.25) is 4.57 Å². The highest BCUT2D eigenvalue weighted by Gasteiger charge is 2.55. The van der Waals surface area contributed by atoms with E-state index in [2.05, 4.69) is 15.0 Å². The van der Waals surface area contributed by atoms with E-state index >= 15 is 0 Å². The Morgan fingerprint density at radius 1 is 1.73 bits per heavy atom. The lowest BCUT2D eigenvalue weighted by Crippen LogP contribution is -2.48. The molecule has 1 saturated heterocycles. The van der Waals surface area contributed by atoms with Crippen LogP contribution in [0.25, 0.3) is 10.4 Å². The van der Waals surface area contributed by atoms with Crippen molar-refractivity contribution in [2.24, 2.45) is 5.11 Å². The van der Waals surface area contributed by atoms with Crippen LogP contribution < -0.4 is 11.4 Å². The molecule has 2 heterocycles. The van der Waals surface area contributed by atoms with Crippen molar-refractivity contribution in [3.05, 3.63) is 32.7 Å². The van der Waals surface area contributed by atoms with Crippen LogP contribution in [-0.2, 0) is 4.74 Å². The number of hydrogen-bond acceptors (Lipinski definition) is 7. The van der Waals surface area contributed by atoms with Crippen LogP contribution in [0.2, 0.25) is 0 Å². The summed E-state index contributed by atoms with van der Waals surface area (Å²) in [6.07, 6.45) is -4.08. The van der Waals surface area contributed by atoms with Gasteiger partial charge in [-0.05, 0) is 12.5 Å². The van der Waals surface area contributed by atoms with Crippen molar-refractivity contribution in [3.8, 4) is 0 Å². The number of hydrogen-bond donors (Lipinski definition) is 3. The number of aromatic nitrogens is 2. The molecule has 2 rings (SSSR count). The molecule has 0 aliphatic carbocycles. The van der Waals surface area contributed by atoms with E-state index in [4.69, 9.17) is 16.0 Å². The second-order valence-corrected chi connectivity index (χ2v) is 5.01. The Labute approximate surface area is 123 Å². The molecule has 120 valence electrons. The first-order chi connectivity index (χ1) is 10.4. The lowest BCUT2D eigenvalue weighted by molar-refractivity contribution is -0.122. The van der Waals surface area contributed by atoms with Crippen LogP contribution in [0.3, 0.4) is 0 Å². The Morgan fingerprint density at radius 3 is 3.00 bits per heavy atom. The van der Waals surface area contributed by atoms with E-state index in [9.17, 15) is 19.4 Å². The number of aryl methyl sites for hydroxylation is 1. The van der Waals surface area contributed by atoms with Gasteiger partial charge in [-0.1, -0.05) is 5.11 Å². The second-order valence-electron chi connectivity index (χ2n) is 5.01. The number of alkyl halides is 1. The van der Waals surface area contributed by atoms with Crippen molar-refractivity contribution in [1.82, 2.24) is 9.55 Å².